The van der Waals surface area contributed by atoms with Crippen molar-refractivity contribution in [1.29, 1.82) is 0 Å². The van der Waals surface area contributed by atoms with Crippen LogP contribution in [0.15, 0.2) is 36.7 Å². The van der Waals surface area contributed by atoms with Crippen LogP contribution in [-0.2, 0) is 4.74 Å². The predicted molar refractivity (Wildman–Crippen MR) is 123 cm³/mol. The highest BCUT2D eigenvalue weighted by Gasteiger charge is 2.26. The maximum atomic E-state index is 12.1. The Bertz CT molecular complexity index is 1080. The fourth-order valence-electron chi connectivity index (χ4n) is 4.03. The number of rotatable bonds is 4. The highest BCUT2D eigenvalue weighted by atomic mass is 35.5. The van der Waals surface area contributed by atoms with E-state index >= 15 is 0 Å². The van der Waals surface area contributed by atoms with E-state index in [0.29, 0.717) is 16.7 Å². The SMILES string of the molecule is CC(C)(C)OC(=O)NC1CCCC(Nc2ncc(Cl)c(-c3cccc4[nH]ccc34)n2)C1. The zero-order valence-electron chi connectivity index (χ0n) is 18.0. The number of benzene rings is 1. The van der Waals surface area contributed by atoms with Gasteiger partial charge in [0.05, 0.1) is 16.9 Å². The molecule has 7 nitrogen and oxygen atoms in total. The van der Waals surface area contributed by atoms with E-state index in [2.05, 4.69) is 20.6 Å². The van der Waals surface area contributed by atoms with Gasteiger partial charge >= 0.3 is 6.09 Å². The number of hydrogen-bond donors (Lipinski definition) is 3. The predicted octanol–water partition coefficient (Wildman–Crippen LogP) is 5.53. The molecule has 1 aromatic carbocycles. The number of H-pyrrole nitrogens is 1. The van der Waals surface area contributed by atoms with Crippen LogP contribution in [0.5, 0.6) is 0 Å². The number of alkyl carbamates (subject to hydrolysis) is 1. The summed E-state index contributed by atoms with van der Waals surface area (Å²) in [6, 6.07) is 8.24. The van der Waals surface area contributed by atoms with E-state index in [0.717, 1.165) is 42.1 Å². The number of amides is 1. The average Bonchev–Trinajstić information content (AvgIpc) is 3.17. The molecule has 0 radical (unpaired) electrons. The molecule has 1 aliphatic rings. The van der Waals surface area contributed by atoms with Gasteiger partial charge in [0, 0.05) is 34.7 Å². The van der Waals surface area contributed by atoms with Crippen LogP contribution < -0.4 is 10.6 Å². The standard InChI is InChI=1S/C23H28ClN5O2/c1-23(2,3)31-22(30)28-15-7-4-6-14(12-15)27-21-26-13-18(24)20(29-21)17-8-5-9-19-16(17)10-11-25-19/h5,8-11,13-15,25H,4,6-7,12H2,1-3H3,(H,28,30)(H,26,27,29). The Morgan fingerprint density at radius 2 is 2.03 bits per heavy atom. The lowest BCUT2D eigenvalue weighted by Gasteiger charge is -2.31. The summed E-state index contributed by atoms with van der Waals surface area (Å²) >= 11 is 6.45. The Morgan fingerprint density at radius 1 is 1.23 bits per heavy atom. The van der Waals surface area contributed by atoms with Crippen molar-refractivity contribution in [3.63, 3.8) is 0 Å². The van der Waals surface area contributed by atoms with Gasteiger partial charge in [-0.2, -0.15) is 0 Å². The number of nitrogens with one attached hydrogen (secondary N) is 3. The third-order valence-electron chi connectivity index (χ3n) is 5.32. The minimum Gasteiger partial charge on any atom is -0.444 e. The van der Waals surface area contributed by atoms with Gasteiger partial charge in [0.1, 0.15) is 5.60 Å². The van der Waals surface area contributed by atoms with Crippen molar-refractivity contribution in [2.75, 3.05) is 5.32 Å². The summed E-state index contributed by atoms with van der Waals surface area (Å²) in [6.45, 7) is 5.59. The lowest BCUT2D eigenvalue weighted by molar-refractivity contribution is 0.0492. The number of hydrogen-bond acceptors (Lipinski definition) is 5. The summed E-state index contributed by atoms with van der Waals surface area (Å²) in [5.41, 5.74) is 2.18. The number of fused-ring (bicyclic) bond motifs is 1. The summed E-state index contributed by atoms with van der Waals surface area (Å²) in [7, 11) is 0. The van der Waals surface area contributed by atoms with E-state index < -0.39 is 5.60 Å². The van der Waals surface area contributed by atoms with E-state index in [-0.39, 0.29) is 18.2 Å². The van der Waals surface area contributed by atoms with Gasteiger partial charge in [-0.15, -0.1) is 0 Å². The van der Waals surface area contributed by atoms with Crippen LogP contribution in [0.2, 0.25) is 5.02 Å². The van der Waals surface area contributed by atoms with Crippen molar-refractivity contribution in [3.05, 3.63) is 41.7 Å². The molecule has 3 aromatic rings. The number of carbonyl (C=O) groups excluding carboxylic acids is 1. The molecule has 164 valence electrons. The second-order valence-corrected chi connectivity index (χ2v) is 9.39. The quantitative estimate of drug-likeness (QED) is 0.495. The summed E-state index contributed by atoms with van der Waals surface area (Å²) in [4.78, 5) is 24.4. The molecule has 2 unspecified atom stereocenters. The second-order valence-electron chi connectivity index (χ2n) is 8.99. The van der Waals surface area contributed by atoms with Gasteiger partial charge in [-0.3, -0.25) is 0 Å². The number of carbonyl (C=O) groups is 1. The van der Waals surface area contributed by atoms with Crippen molar-refractivity contribution >= 4 is 34.5 Å². The first kappa shape index (κ1) is 21.4. The van der Waals surface area contributed by atoms with Crippen molar-refractivity contribution in [2.45, 2.75) is 64.1 Å². The molecule has 2 atom stereocenters. The molecule has 2 heterocycles. The third-order valence-corrected chi connectivity index (χ3v) is 5.60. The van der Waals surface area contributed by atoms with Crippen LogP contribution in [-0.4, -0.2) is 38.7 Å². The van der Waals surface area contributed by atoms with Gasteiger partial charge in [-0.25, -0.2) is 14.8 Å². The van der Waals surface area contributed by atoms with Crippen LogP contribution in [0.3, 0.4) is 0 Å². The first-order valence-electron chi connectivity index (χ1n) is 10.6. The van der Waals surface area contributed by atoms with Gasteiger partial charge < -0.3 is 20.4 Å². The average molecular weight is 442 g/mol. The summed E-state index contributed by atoms with van der Waals surface area (Å²) in [5, 5.41) is 7.99. The molecule has 1 aliphatic carbocycles. The normalized spacial score (nSPS) is 19.2. The molecule has 1 saturated carbocycles. The van der Waals surface area contributed by atoms with Crippen LogP contribution >= 0.6 is 11.6 Å². The minimum atomic E-state index is -0.508. The van der Waals surface area contributed by atoms with Gasteiger partial charge in [0.25, 0.3) is 0 Å². The van der Waals surface area contributed by atoms with Gasteiger partial charge in [-0.1, -0.05) is 23.7 Å². The summed E-state index contributed by atoms with van der Waals surface area (Å²) < 4.78 is 5.39. The van der Waals surface area contributed by atoms with Crippen molar-refractivity contribution in [1.82, 2.24) is 20.3 Å². The van der Waals surface area contributed by atoms with Gasteiger partial charge in [0.15, 0.2) is 0 Å². The van der Waals surface area contributed by atoms with Crippen LogP contribution in [0.4, 0.5) is 10.7 Å². The second kappa shape index (κ2) is 8.75. The number of anilines is 1. The topological polar surface area (TPSA) is 91.9 Å². The lowest BCUT2D eigenvalue weighted by atomic mass is 9.91. The maximum Gasteiger partial charge on any atom is 0.407 e. The highest BCUT2D eigenvalue weighted by Crippen LogP contribution is 2.32. The largest absolute Gasteiger partial charge is 0.444 e. The molecule has 2 aromatic heterocycles. The van der Waals surface area contributed by atoms with Gasteiger partial charge in [-0.05, 0) is 58.6 Å². The molecule has 1 amide bonds. The Hall–Kier alpha value is -2.80. The Kier molecular flexibility index (Phi) is 6.05. The van der Waals surface area contributed by atoms with E-state index in [1.165, 1.54) is 0 Å². The molecular formula is C23H28ClN5O2. The fourth-order valence-corrected chi connectivity index (χ4v) is 4.22. The molecule has 1 fully saturated rings. The Labute approximate surface area is 187 Å². The molecular weight excluding hydrogens is 414 g/mol. The van der Waals surface area contributed by atoms with E-state index in [4.69, 9.17) is 21.3 Å². The maximum absolute atomic E-state index is 12.1. The summed E-state index contributed by atoms with van der Waals surface area (Å²) in [6.07, 6.45) is 6.87. The number of aromatic nitrogens is 3. The number of halogens is 1. The van der Waals surface area contributed by atoms with Crippen LogP contribution in [0.25, 0.3) is 22.2 Å². The van der Waals surface area contributed by atoms with Crippen LogP contribution in [0.1, 0.15) is 46.5 Å². The van der Waals surface area contributed by atoms with E-state index in [9.17, 15) is 4.79 Å². The zero-order valence-corrected chi connectivity index (χ0v) is 18.8. The lowest BCUT2D eigenvalue weighted by Crippen LogP contribution is -2.44. The zero-order chi connectivity index (χ0) is 22.0. The first-order chi connectivity index (χ1) is 14.8. The monoisotopic (exact) mass is 441 g/mol. The van der Waals surface area contributed by atoms with Crippen molar-refractivity contribution in [3.8, 4) is 11.3 Å². The molecule has 8 heteroatoms. The number of nitrogens with zero attached hydrogens (tertiary/aromatic N) is 2. The molecule has 4 rings (SSSR count). The Balaban J connectivity index is 1.47. The molecule has 0 spiro atoms. The smallest absolute Gasteiger partial charge is 0.407 e. The van der Waals surface area contributed by atoms with E-state index in [1.807, 2.05) is 51.2 Å². The van der Waals surface area contributed by atoms with Crippen LogP contribution in [0, 0.1) is 0 Å². The highest BCUT2D eigenvalue weighted by molar-refractivity contribution is 6.33. The molecule has 3 N–H and O–H groups in total. The van der Waals surface area contributed by atoms with Gasteiger partial charge in [0.2, 0.25) is 5.95 Å². The molecule has 31 heavy (non-hydrogen) atoms. The van der Waals surface area contributed by atoms with Crippen molar-refractivity contribution in [2.24, 2.45) is 0 Å². The van der Waals surface area contributed by atoms with Crippen molar-refractivity contribution < 1.29 is 9.53 Å². The first-order valence-corrected chi connectivity index (χ1v) is 11.0. The van der Waals surface area contributed by atoms with E-state index in [1.54, 1.807) is 6.20 Å². The number of aromatic amines is 1. The molecule has 0 aliphatic heterocycles. The molecule has 0 bridgehead atoms. The summed E-state index contributed by atoms with van der Waals surface area (Å²) in [5.74, 6) is 0.537. The third kappa shape index (κ3) is 5.28. The minimum absolute atomic E-state index is 0.0569. The Morgan fingerprint density at radius 3 is 2.84 bits per heavy atom. The fraction of sp³-hybridized carbons (Fsp3) is 0.435. The number of ether oxygens (including phenoxy) is 1. The molecule has 0 saturated heterocycles.